The summed E-state index contributed by atoms with van der Waals surface area (Å²) in [6, 6.07) is 3.98. The first-order valence-electron chi connectivity index (χ1n) is 7.68. The number of carbonyl (C=O) groups excluding carboxylic acids is 1. The van der Waals surface area contributed by atoms with Gasteiger partial charge in [0.25, 0.3) is 0 Å². The highest BCUT2D eigenvalue weighted by molar-refractivity contribution is 8.00. The molecule has 2 rings (SSSR count). The number of carbonyl (C=O) groups is 1. The summed E-state index contributed by atoms with van der Waals surface area (Å²) in [5.41, 5.74) is 2.00. The van der Waals surface area contributed by atoms with E-state index in [-0.39, 0.29) is 5.91 Å². The second kappa shape index (κ2) is 9.52. The largest absolute Gasteiger partial charge is 0.370 e. The van der Waals surface area contributed by atoms with Crippen molar-refractivity contribution in [1.82, 2.24) is 15.3 Å². The van der Waals surface area contributed by atoms with Gasteiger partial charge >= 0.3 is 0 Å². The number of aryl methyl sites for hydroxylation is 1. The fraction of sp³-hybridized carbons (Fsp3) is 0.438. The maximum atomic E-state index is 11.9. The van der Waals surface area contributed by atoms with E-state index in [0.717, 1.165) is 40.1 Å². The average molecular weight is 351 g/mol. The lowest BCUT2D eigenvalue weighted by Crippen LogP contribution is -2.27. The van der Waals surface area contributed by atoms with E-state index in [9.17, 15) is 4.79 Å². The van der Waals surface area contributed by atoms with Gasteiger partial charge in [0.15, 0.2) is 0 Å². The lowest BCUT2D eigenvalue weighted by molar-refractivity contribution is -0.120. The Morgan fingerprint density at radius 1 is 1.35 bits per heavy atom. The normalized spacial score (nSPS) is 10.5. The highest BCUT2D eigenvalue weighted by atomic mass is 32.2. The fourth-order valence-corrected chi connectivity index (χ4v) is 3.63. The molecule has 124 valence electrons. The van der Waals surface area contributed by atoms with Crippen molar-refractivity contribution in [3.63, 3.8) is 0 Å². The standard InChI is InChI=1S/C16H22N4OS2/c1-3-22-16-20-13(11-23-16)9-15(21)18-8-4-7-17-14-6-5-12(2)10-19-14/h5-6,10-11H,3-4,7-9H2,1-2H3,(H,17,19)(H,18,21). The lowest BCUT2D eigenvalue weighted by Gasteiger charge is -2.07. The Hall–Kier alpha value is -1.60. The summed E-state index contributed by atoms with van der Waals surface area (Å²) in [5.74, 6) is 1.89. The lowest BCUT2D eigenvalue weighted by atomic mass is 10.3. The van der Waals surface area contributed by atoms with E-state index in [1.54, 1.807) is 23.1 Å². The molecule has 0 aliphatic carbocycles. The van der Waals surface area contributed by atoms with Crippen molar-refractivity contribution in [3.8, 4) is 0 Å². The van der Waals surface area contributed by atoms with E-state index in [2.05, 4.69) is 27.5 Å². The van der Waals surface area contributed by atoms with Crippen LogP contribution in [0.3, 0.4) is 0 Å². The van der Waals surface area contributed by atoms with Gasteiger partial charge in [-0.15, -0.1) is 11.3 Å². The van der Waals surface area contributed by atoms with E-state index in [4.69, 9.17) is 0 Å². The van der Waals surface area contributed by atoms with Crippen LogP contribution < -0.4 is 10.6 Å². The topological polar surface area (TPSA) is 66.9 Å². The maximum absolute atomic E-state index is 11.9. The van der Waals surface area contributed by atoms with Gasteiger partial charge in [0.05, 0.1) is 12.1 Å². The summed E-state index contributed by atoms with van der Waals surface area (Å²) in [5, 5.41) is 8.12. The van der Waals surface area contributed by atoms with Gasteiger partial charge in [0.2, 0.25) is 5.91 Å². The first-order valence-corrected chi connectivity index (χ1v) is 9.54. The Kier molecular flexibility index (Phi) is 7.35. The molecule has 0 atom stereocenters. The third-order valence-corrected chi connectivity index (χ3v) is 4.99. The zero-order valence-corrected chi connectivity index (χ0v) is 15.1. The van der Waals surface area contributed by atoms with Crippen molar-refractivity contribution in [2.75, 3.05) is 24.2 Å². The molecule has 0 unspecified atom stereocenters. The molecule has 0 aromatic carbocycles. The predicted octanol–water partition coefficient (Wildman–Crippen LogP) is 3.12. The highest BCUT2D eigenvalue weighted by Gasteiger charge is 2.07. The van der Waals surface area contributed by atoms with Gasteiger partial charge in [-0.1, -0.05) is 24.8 Å². The quantitative estimate of drug-likeness (QED) is 0.537. The van der Waals surface area contributed by atoms with Gasteiger partial charge in [-0.2, -0.15) is 0 Å². The number of thioether (sulfide) groups is 1. The second-order valence-corrected chi connectivity index (χ2v) is 7.43. The molecule has 0 saturated carbocycles. The molecule has 0 saturated heterocycles. The molecule has 0 aliphatic rings. The molecular weight excluding hydrogens is 328 g/mol. The molecular formula is C16H22N4OS2. The first-order chi connectivity index (χ1) is 11.2. The van der Waals surface area contributed by atoms with Crippen LogP contribution in [0.4, 0.5) is 5.82 Å². The summed E-state index contributed by atoms with van der Waals surface area (Å²) < 4.78 is 1.03. The van der Waals surface area contributed by atoms with Crippen molar-refractivity contribution in [1.29, 1.82) is 0 Å². The number of rotatable bonds is 9. The van der Waals surface area contributed by atoms with Gasteiger partial charge in [0, 0.05) is 24.7 Å². The summed E-state index contributed by atoms with van der Waals surface area (Å²) >= 11 is 3.31. The number of nitrogens with one attached hydrogen (secondary N) is 2. The zero-order chi connectivity index (χ0) is 16.5. The smallest absolute Gasteiger partial charge is 0.226 e. The summed E-state index contributed by atoms with van der Waals surface area (Å²) in [6.07, 6.45) is 3.05. The zero-order valence-electron chi connectivity index (χ0n) is 13.5. The van der Waals surface area contributed by atoms with Crippen LogP contribution in [0.25, 0.3) is 0 Å². The molecule has 2 aromatic rings. The second-order valence-electron chi connectivity index (χ2n) is 5.07. The monoisotopic (exact) mass is 350 g/mol. The van der Waals surface area contributed by atoms with Crippen LogP contribution in [0.1, 0.15) is 24.6 Å². The number of thiazole rings is 1. The molecule has 2 N–H and O–H groups in total. The van der Waals surface area contributed by atoms with E-state index in [1.807, 2.05) is 30.6 Å². The van der Waals surface area contributed by atoms with E-state index in [0.29, 0.717) is 13.0 Å². The molecule has 0 fully saturated rings. The Bertz CT molecular complexity index is 613. The van der Waals surface area contributed by atoms with E-state index >= 15 is 0 Å². The molecule has 0 aliphatic heterocycles. The van der Waals surface area contributed by atoms with Crippen LogP contribution in [0.2, 0.25) is 0 Å². The van der Waals surface area contributed by atoms with Crippen LogP contribution in [0.5, 0.6) is 0 Å². The molecule has 1 amide bonds. The SMILES string of the molecule is CCSc1nc(CC(=O)NCCCNc2ccc(C)cn2)cs1. The molecule has 0 spiro atoms. The van der Waals surface area contributed by atoms with Crippen molar-refractivity contribution in [2.24, 2.45) is 0 Å². The van der Waals surface area contributed by atoms with E-state index < -0.39 is 0 Å². The van der Waals surface area contributed by atoms with Crippen LogP contribution >= 0.6 is 23.1 Å². The van der Waals surface area contributed by atoms with Crippen LogP contribution in [0.15, 0.2) is 28.0 Å². The van der Waals surface area contributed by atoms with Crippen molar-refractivity contribution in [3.05, 3.63) is 35.0 Å². The Balaban J connectivity index is 1.60. The number of hydrogen-bond acceptors (Lipinski definition) is 6. The number of nitrogens with zero attached hydrogens (tertiary/aromatic N) is 2. The minimum absolute atomic E-state index is 0.0248. The molecule has 2 aromatic heterocycles. The number of hydrogen-bond donors (Lipinski definition) is 2. The van der Waals surface area contributed by atoms with Gasteiger partial charge < -0.3 is 10.6 Å². The minimum Gasteiger partial charge on any atom is -0.370 e. The number of aromatic nitrogens is 2. The molecule has 2 heterocycles. The fourth-order valence-electron chi connectivity index (χ4n) is 1.89. The Morgan fingerprint density at radius 3 is 2.96 bits per heavy atom. The first kappa shape index (κ1) is 17.7. The molecule has 23 heavy (non-hydrogen) atoms. The third kappa shape index (κ3) is 6.58. The molecule has 0 bridgehead atoms. The van der Waals surface area contributed by atoms with Gasteiger partial charge in [-0.25, -0.2) is 9.97 Å². The van der Waals surface area contributed by atoms with Crippen molar-refractivity contribution < 1.29 is 4.79 Å². The van der Waals surface area contributed by atoms with Crippen molar-refractivity contribution >= 4 is 34.8 Å². The minimum atomic E-state index is 0.0248. The molecule has 0 radical (unpaired) electrons. The summed E-state index contributed by atoms with van der Waals surface area (Å²) in [4.78, 5) is 20.6. The average Bonchev–Trinajstić information content (AvgIpc) is 2.96. The number of pyridine rings is 1. The number of amides is 1. The summed E-state index contributed by atoms with van der Waals surface area (Å²) in [7, 11) is 0. The molecule has 5 nitrogen and oxygen atoms in total. The van der Waals surface area contributed by atoms with Crippen LogP contribution in [-0.4, -0.2) is 34.7 Å². The van der Waals surface area contributed by atoms with Crippen LogP contribution in [-0.2, 0) is 11.2 Å². The van der Waals surface area contributed by atoms with Gasteiger partial charge in [0.1, 0.15) is 10.2 Å². The highest BCUT2D eigenvalue weighted by Crippen LogP contribution is 2.22. The third-order valence-electron chi connectivity index (χ3n) is 3.03. The van der Waals surface area contributed by atoms with Crippen molar-refractivity contribution in [2.45, 2.75) is 31.0 Å². The number of anilines is 1. The predicted molar refractivity (Wildman–Crippen MR) is 97.3 cm³/mol. The maximum Gasteiger partial charge on any atom is 0.226 e. The van der Waals surface area contributed by atoms with E-state index in [1.165, 1.54) is 0 Å². The summed E-state index contributed by atoms with van der Waals surface area (Å²) in [6.45, 7) is 5.54. The van der Waals surface area contributed by atoms with Gasteiger partial charge in [-0.05, 0) is 30.7 Å². The van der Waals surface area contributed by atoms with Crippen LogP contribution in [0, 0.1) is 6.92 Å². The Morgan fingerprint density at radius 2 is 2.22 bits per heavy atom. The molecule has 7 heteroatoms. The van der Waals surface area contributed by atoms with Gasteiger partial charge in [-0.3, -0.25) is 4.79 Å². The Labute approximate surface area is 145 Å².